The third-order valence-corrected chi connectivity index (χ3v) is 5.21. The zero-order chi connectivity index (χ0) is 22.0. The first kappa shape index (κ1) is 20.7. The van der Waals surface area contributed by atoms with Crippen LogP contribution in [0.25, 0.3) is 11.9 Å². The zero-order valence-electron chi connectivity index (χ0n) is 17.8. The van der Waals surface area contributed by atoms with E-state index in [4.69, 9.17) is 9.26 Å². The van der Waals surface area contributed by atoms with E-state index in [2.05, 4.69) is 10.5 Å². The van der Waals surface area contributed by atoms with Crippen LogP contribution in [0.3, 0.4) is 0 Å². The first-order chi connectivity index (χ1) is 14.9. The molecular formula is C24H25N3O4. The SMILES string of the molecule is Cc1cc(-n2c(C)cc(/C=C/C(=O)O[C@H](C(=O)NC3CC3)c3ccccc3)c2C)no1. The predicted molar refractivity (Wildman–Crippen MR) is 116 cm³/mol. The number of hydrogen-bond donors (Lipinski definition) is 1. The van der Waals surface area contributed by atoms with Gasteiger partial charge < -0.3 is 14.6 Å². The predicted octanol–water partition coefficient (Wildman–Crippen LogP) is 3.97. The number of aromatic nitrogens is 2. The van der Waals surface area contributed by atoms with Crippen LogP contribution in [-0.2, 0) is 14.3 Å². The molecule has 3 aromatic rings. The number of benzene rings is 1. The summed E-state index contributed by atoms with van der Waals surface area (Å²) in [6.07, 6.45) is 3.98. The Morgan fingerprint density at radius 3 is 2.58 bits per heavy atom. The Morgan fingerprint density at radius 2 is 1.94 bits per heavy atom. The Labute approximate surface area is 180 Å². The van der Waals surface area contributed by atoms with Gasteiger partial charge in [0.2, 0.25) is 6.10 Å². The molecule has 2 aromatic heterocycles. The maximum Gasteiger partial charge on any atom is 0.331 e. The molecule has 2 heterocycles. The highest BCUT2D eigenvalue weighted by Crippen LogP contribution is 2.24. The van der Waals surface area contributed by atoms with E-state index in [1.807, 2.05) is 55.7 Å². The third kappa shape index (κ3) is 4.77. The second-order valence-electron chi connectivity index (χ2n) is 7.80. The molecular weight excluding hydrogens is 394 g/mol. The Kier molecular flexibility index (Phi) is 5.75. The number of carbonyl (C=O) groups is 2. The summed E-state index contributed by atoms with van der Waals surface area (Å²) < 4.78 is 12.7. The Hall–Kier alpha value is -3.61. The zero-order valence-corrected chi connectivity index (χ0v) is 17.8. The standard InChI is InChI=1S/C24H25N3O4/c1-15-13-19(17(3)27(15)21-14-16(2)31-26-21)9-12-22(28)30-23(18-7-5-4-6-8-18)24(29)25-20-10-11-20/h4-9,12-14,20,23H,10-11H2,1-3H3,(H,25,29)/b12-9+/t23-/m0/s1. The van der Waals surface area contributed by atoms with Crippen molar-refractivity contribution in [2.75, 3.05) is 0 Å². The minimum Gasteiger partial charge on any atom is -0.444 e. The van der Waals surface area contributed by atoms with Crippen LogP contribution in [0.5, 0.6) is 0 Å². The van der Waals surface area contributed by atoms with E-state index in [1.165, 1.54) is 6.08 Å². The van der Waals surface area contributed by atoms with Crippen LogP contribution in [-0.4, -0.2) is 27.6 Å². The van der Waals surface area contributed by atoms with Crippen LogP contribution >= 0.6 is 0 Å². The first-order valence-electron chi connectivity index (χ1n) is 10.3. The molecule has 0 spiro atoms. The van der Waals surface area contributed by atoms with E-state index in [0.29, 0.717) is 11.4 Å². The van der Waals surface area contributed by atoms with Gasteiger partial charge in [-0.1, -0.05) is 35.5 Å². The average Bonchev–Trinajstić information content (AvgIpc) is 3.39. The van der Waals surface area contributed by atoms with Crippen molar-refractivity contribution in [3.63, 3.8) is 0 Å². The number of carbonyl (C=O) groups excluding carboxylic acids is 2. The number of rotatable bonds is 7. The van der Waals surface area contributed by atoms with Gasteiger partial charge in [-0.3, -0.25) is 9.36 Å². The van der Waals surface area contributed by atoms with Crippen molar-refractivity contribution >= 4 is 18.0 Å². The molecule has 4 rings (SSSR count). The number of amides is 1. The molecule has 1 fully saturated rings. The molecule has 1 saturated carbocycles. The summed E-state index contributed by atoms with van der Waals surface area (Å²) in [5.74, 6) is 0.534. The number of ether oxygens (including phenoxy) is 1. The lowest BCUT2D eigenvalue weighted by molar-refractivity contribution is -0.151. The summed E-state index contributed by atoms with van der Waals surface area (Å²) in [7, 11) is 0. The third-order valence-electron chi connectivity index (χ3n) is 5.21. The number of aryl methyl sites for hydroxylation is 2. The van der Waals surface area contributed by atoms with Gasteiger partial charge in [0, 0.05) is 35.1 Å². The van der Waals surface area contributed by atoms with Gasteiger partial charge in [-0.15, -0.1) is 0 Å². The van der Waals surface area contributed by atoms with Gasteiger partial charge in [0.1, 0.15) is 5.76 Å². The monoisotopic (exact) mass is 419 g/mol. The van der Waals surface area contributed by atoms with Crippen molar-refractivity contribution in [3.8, 4) is 5.82 Å². The number of nitrogens with one attached hydrogen (secondary N) is 1. The second kappa shape index (κ2) is 8.63. The lowest BCUT2D eigenvalue weighted by Crippen LogP contribution is -2.33. The van der Waals surface area contributed by atoms with Crippen LogP contribution in [0, 0.1) is 20.8 Å². The summed E-state index contributed by atoms with van der Waals surface area (Å²) >= 11 is 0. The highest BCUT2D eigenvalue weighted by molar-refractivity contribution is 5.91. The normalized spacial score (nSPS) is 14.5. The molecule has 0 aliphatic heterocycles. The lowest BCUT2D eigenvalue weighted by Gasteiger charge is -2.17. The van der Waals surface area contributed by atoms with Crippen molar-refractivity contribution in [1.29, 1.82) is 0 Å². The molecule has 1 atom stereocenters. The van der Waals surface area contributed by atoms with Crippen molar-refractivity contribution in [2.24, 2.45) is 0 Å². The van der Waals surface area contributed by atoms with Crippen molar-refractivity contribution in [2.45, 2.75) is 45.8 Å². The van der Waals surface area contributed by atoms with Gasteiger partial charge in [0.15, 0.2) is 5.82 Å². The molecule has 0 radical (unpaired) electrons. The lowest BCUT2D eigenvalue weighted by atomic mass is 10.1. The summed E-state index contributed by atoms with van der Waals surface area (Å²) in [6, 6.07) is 13.0. The minimum atomic E-state index is -0.982. The molecule has 31 heavy (non-hydrogen) atoms. The van der Waals surface area contributed by atoms with Crippen LogP contribution < -0.4 is 5.32 Å². The minimum absolute atomic E-state index is 0.179. The fourth-order valence-corrected chi connectivity index (χ4v) is 3.49. The number of nitrogens with zero attached hydrogens (tertiary/aromatic N) is 2. The molecule has 1 aromatic carbocycles. The van der Waals surface area contributed by atoms with E-state index < -0.39 is 12.1 Å². The highest BCUT2D eigenvalue weighted by atomic mass is 16.5. The molecule has 0 saturated heterocycles. The van der Waals surface area contributed by atoms with Gasteiger partial charge in [0.25, 0.3) is 5.91 Å². The smallest absolute Gasteiger partial charge is 0.331 e. The highest BCUT2D eigenvalue weighted by Gasteiger charge is 2.30. The average molecular weight is 419 g/mol. The first-order valence-corrected chi connectivity index (χ1v) is 10.3. The maximum atomic E-state index is 12.6. The quantitative estimate of drug-likeness (QED) is 0.463. The second-order valence-corrected chi connectivity index (χ2v) is 7.80. The Balaban J connectivity index is 1.51. The summed E-state index contributed by atoms with van der Waals surface area (Å²) in [5.41, 5.74) is 3.38. The number of hydrogen-bond acceptors (Lipinski definition) is 5. The van der Waals surface area contributed by atoms with E-state index in [-0.39, 0.29) is 11.9 Å². The fraction of sp³-hybridized carbons (Fsp3) is 0.292. The summed E-state index contributed by atoms with van der Waals surface area (Å²) in [5, 5.41) is 6.98. The maximum absolute atomic E-state index is 12.6. The van der Waals surface area contributed by atoms with Crippen LogP contribution in [0.1, 0.15) is 47.2 Å². The molecule has 1 amide bonds. The van der Waals surface area contributed by atoms with Gasteiger partial charge in [0.05, 0.1) is 0 Å². The molecule has 7 nitrogen and oxygen atoms in total. The van der Waals surface area contributed by atoms with E-state index >= 15 is 0 Å². The molecule has 1 N–H and O–H groups in total. The molecule has 0 bridgehead atoms. The topological polar surface area (TPSA) is 86.4 Å². The molecule has 7 heteroatoms. The van der Waals surface area contributed by atoms with Crippen molar-refractivity contribution in [3.05, 3.63) is 76.8 Å². The van der Waals surface area contributed by atoms with E-state index in [9.17, 15) is 9.59 Å². The largest absolute Gasteiger partial charge is 0.444 e. The van der Waals surface area contributed by atoms with E-state index in [1.54, 1.807) is 18.2 Å². The Bertz CT molecular complexity index is 1120. The van der Waals surface area contributed by atoms with Crippen molar-refractivity contribution < 1.29 is 18.8 Å². The van der Waals surface area contributed by atoms with Crippen LogP contribution in [0.2, 0.25) is 0 Å². The molecule has 1 aliphatic rings. The number of esters is 1. The Morgan fingerprint density at radius 1 is 1.19 bits per heavy atom. The van der Waals surface area contributed by atoms with Crippen LogP contribution in [0.4, 0.5) is 0 Å². The molecule has 0 unspecified atom stereocenters. The summed E-state index contributed by atoms with van der Waals surface area (Å²) in [6.45, 7) is 5.74. The molecule has 160 valence electrons. The van der Waals surface area contributed by atoms with Gasteiger partial charge in [-0.25, -0.2) is 4.79 Å². The fourth-order valence-electron chi connectivity index (χ4n) is 3.49. The van der Waals surface area contributed by atoms with Crippen LogP contribution in [0.15, 0.2) is 53.1 Å². The van der Waals surface area contributed by atoms with Gasteiger partial charge in [-0.05, 0) is 51.3 Å². The van der Waals surface area contributed by atoms with Gasteiger partial charge in [-0.2, -0.15) is 0 Å². The van der Waals surface area contributed by atoms with Gasteiger partial charge >= 0.3 is 5.97 Å². The van der Waals surface area contributed by atoms with E-state index in [0.717, 1.165) is 35.6 Å². The summed E-state index contributed by atoms with van der Waals surface area (Å²) in [4.78, 5) is 25.2. The van der Waals surface area contributed by atoms with Crippen molar-refractivity contribution in [1.82, 2.24) is 15.0 Å². The molecule has 1 aliphatic carbocycles.